The average Bonchev–Trinajstić information content (AvgIpc) is 1.87. The molecule has 0 aliphatic carbocycles. The van der Waals surface area contributed by atoms with E-state index in [0.717, 1.165) is 0 Å². The first-order valence-corrected chi connectivity index (χ1v) is 3.04. The lowest BCUT2D eigenvalue weighted by atomic mass is 10.1. The first-order valence-electron chi connectivity index (χ1n) is 3.04. The van der Waals surface area contributed by atoms with Gasteiger partial charge in [-0.1, -0.05) is 6.92 Å². The van der Waals surface area contributed by atoms with Crippen LogP contribution in [-0.4, -0.2) is 27.5 Å². The van der Waals surface area contributed by atoms with Crippen molar-refractivity contribution in [1.82, 2.24) is 0 Å². The molecule has 0 spiro atoms. The molecule has 0 saturated carbocycles. The minimum Gasteiger partial charge on any atom is -0.393 e. The highest BCUT2D eigenvalue weighted by molar-refractivity contribution is 4.67. The van der Waals surface area contributed by atoms with Gasteiger partial charge in [0.15, 0.2) is 0 Å². The molecule has 9 heavy (non-hydrogen) atoms. The van der Waals surface area contributed by atoms with E-state index in [-0.39, 0.29) is 6.42 Å². The van der Waals surface area contributed by atoms with Gasteiger partial charge >= 0.3 is 0 Å². The lowest BCUT2D eigenvalue weighted by molar-refractivity contribution is 0.0692. The fourth-order valence-electron chi connectivity index (χ4n) is 0.506. The molecule has 1 radical (unpaired) electrons. The Kier molecular flexibility index (Phi) is 4.67. The van der Waals surface area contributed by atoms with Gasteiger partial charge in [0.25, 0.3) is 0 Å². The molecule has 0 aliphatic heterocycles. The molecule has 3 nitrogen and oxygen atoms in total. The third kappa shape index (κ3) is 4.39. The third-order valence-corrected chi connectivity index (χ3v) is 1.16. The SMILES string of the molecule is CCC(O)CC(O)[CH]O. The Morgan fingerprint density at radius 3 is 2.33 bits per heavy atom. The largest absolute Gasteiger partial charge is 0.393 e. The fourth-order valence-corrected chi connectivity index (χ4v) is 0.506. The molecule has 0 aliphatic rings. The van der Waals surface area contributed by atoms with Gasteiger partial charge in [-0.3, -0.25) is 0 Å². The second-order valence-electron chi connectivity index (χ2n) is 2.01. The van der Waals surface area contributed by atoms with Gasteiger partial charge in [-0.15, -0.1) is 0 Å². The summed E-state index contributed by atoms with van der Waals surface area (Å²) in [7, 11) is 0. The number of aliphatic hydroxyl groups excluding tert-OH is 3. The summed E-state index contributed by atoms with van der Waals surface area (Å²) < 4.78 is 0. The van der Waals surface area contributed by atoms with Crippen molar-refractivity contribution in [2.75, 3.05) is 0 Å². The number of aliphatic hydroxyl groups is 3. The Bertz CT molecular complexity index is 57.3. The molecular weight excluding hydrogens is 120 g/mol. The minimum absolute atomic E-state index is 0.215. The van der Waals surface area contributed by atoms with Crippen LogP contribution in [0, 0.1) is 6.61 Å². The zero-order chi connectivity index (χ0) is 7.28. The molecule has 0 aromatic rings. The second-order valence-corrected chi connectivity index (χ2v) is 2.01. The van der Waals surface area contributed by atoms with Crippen molar-refractivity contribution in [3.05, 3.63) is 6.61 Å². The van der Waals surface area contributed by atoms with E-state index in [4.69, 9.17) is 15.3 Å². The highest BCUT2D eigenvalue weighted by Gasteiger charge is 2.08. The van der Waals surface area contributed by atoms with Crippen molar-refractivity contribution < 1.29 is 15.3 Å². The monoisotopic (exact) mass is 133 g/mol. The summed E-state index contributed by atoms with van der Waals surface area (Å²) in [5.41, 5.74) is 0. The molecule has 0 bridgehead atoms. The third-order valence-electron chi connectivity index (χ3n) is 1.16. The van der Waals surface area contributed by atoms with E-state index in [0.29, 0.717) is 13.0 Å². The molecule has 0 fully saturated rings. The summed E-state index contributed by atoms with van der Waals surface area (Å²) in [5.74, 6) is 0. The van der Waals surface area contributed by atoms with Crippen LogP contribution in [0.15, 0.2) is 0 Å². The number of rotatable bonds is 4. The Morgan fingerprint density at radius 2 is 2.00 bits per heavy atom. The van der Waals surface area contributed by atoms with E-state index in [1.165, 1.54) is 0 Å². The number of hydrogen-bond acceptors (Lipinski definition) is 3. The van der Waals surface area contributed by atoms with E-state index in [1.807, 2.05) is 6.92 Å². The van der Waals surface area contributed by atoms with Crippen molar-refractivity contribution in [2.24, 2.45) is 0 Å². The van der Waals surface area contributed by atoms with Crippen molar-refractivity contribution >= 4 is 0 Å². The summed E-state index contributed by atoms with van der Waals surface area (Å²) in [6.45, 7) is 2.49. The van der Waals surface area contributed by atoms with Gasteiger partial charge in [-0.25, -0.2) is 0 Å². The standard InChI is InChI=1S/C6H13O3/c1-2-5(8)3-6(9)4-7/h4-9H,2-3H2,1H3. The van der Waals surface area contributed by atoms with E-state index in [9.17, 15) is 0 Å². The van der Waals surface area contributed by atoms with Gasteiger partial charge in [0, 0.05) is 6.42 Å². The van der Waals surface area contributed by atoms with E-state index in [1.54, 1.807) is 0 Å². The van der Waals surface area contributed by atoms with Crippen LogP contribution in [0.25, 0.3) is 0 Å². The van der Waals surface area contributed by atoms with Crippen LogP contribution >= 0.6 is 0 Å². The summed E-state index contributed by atoms with van der Waals surface area (Å²) >= 11 is 0. The fraction of sp³-hybridized carbons (Fsp3) is 0.833. The molecule has 3 N–H and O–H groups in total. The Hall–Kier alpha value is -0.120. The number of hydrogen-bond donors (Lipinski definition) is 3. The summed E-state index contributed by atoms with van der Waals surface area (Å²) in [5, 5.41) is 25.8. The van der Waals surface area contributed by atoms with Crippen LogP contribution in [-0.2, 0) is 0 Å². The van der Waals surface area contributed by atoms with Gasteiger partial charge in [-0.2, -0.15) is 0 Å². The van der Waals surface area contributed by atoms with E-state index < -0.39 is 12.2 Å². The predicted molar refractivity (Wildman–Crippen MR) is 33.2 cm³/mol. The maximum atomic E-state index is 8.87. The van der Waals surface area contributed by atoms with Crippen LogP contribution in [0.5, 0.6) is 0 Å². The zero-order valence-corrected chi connectivity index (χ0v) is 5.49. The summed E-state index contributed by atoms with van der Waals surface area (Å²) in [6, 6.07) is 0. The van der Waals surface area contributed by atoms with Crippen molar-refractivity contribution in [3.8, 4) is 0 Å². The van der Waals surface area contributed by atoms with Crippen LogP contribution in [0.1, 0.15) is 19.8 Å². The molecule has 0 heterocycles. The molecule has 0 rings (SSSR count). The van der Waals surface area contributed by atoms with E-state index >= 15 is 0 Å². The molecular formula is C6H13O3. The molecule has 2 atom stereocenters. The van der Waals surface area contributed by atoms with Crippen LogP contribution in [0.3, 0.4) is 0 Å². The minimum atomic E-state index is -0.889. The Morgan fingerprint density at radius 1 is 1.44 bits per heavy atom. The molecule has 55 valence electrons. The highest BCUT2D eigenvalue weighted by atomic mass is 16.3. The molecule has 0 aromatic carbocycles. The summed E-state index contributed by atoms with van der Waals surface area (Å²) in [4.78, 5) is 0. The molecule has 0 aromatic heterocycles. The van der Waals surface area contributed by atoms with Gasteiger partial charge < -0.3 is 15.3 Å². The summed E-state index contributed by atoms with van der Waals surface area (Å²) in [6.07, 6.45) is -0.582. The lowest BCUT2D eigenvalue weighted by Crippen LogP contribution is -2.16. The van der Waals surface area contributed by atoms with Crippen molar-refractivity contribution in [2.45, 2.75) is 32.0 Å². The maximum absolute atomic E-state index is 8.87. The van der Waals surface area contributed by atoms with Crippen LogP contribution in [0.2, 0.25) is 0 Å². The van der Waals surface area contributed by atoms with Gasteiger partial charge in [0.1, 0.15) is 6.61 Å². The van der Waals surface area contributed by atoms with E-state index in [2.05, 4.69) is 0 Å². The molecule has 0 saturated heterocycles. The smallest absolute Gasteiger partial charge is 0.108 e. The molecule has 3 heteroatoms. The van der Waals surface area contributed by atoms with Crippen molar-refractivity contribution in [1.29, 1.82) is 0 Å². The Balaban J connectivity index is 3.22. The quantitative estimate of drug-likeness (QED) is 0.507. The van der Waals surface area contributed by atoms with Crippen molar-refractivity contribution in [3.63, 3.8) is 0 Å². The molecule has 2 unspecified atom stereocenters. The Labute approximate surface area is 54.9 Å². The molecule has 0 amide bonds. The predicted octanol–water partition coefficient (Wildman–Crippen LogP) is 0.0426. The average molecular weight is 133 g/mol. The van der Waals surface area contributed by atoms with Crippen LogP contribution in [0.4, 0.5) is 0 Å². The van der Waals surface area contributed by atoms with Gasteiger partial charge in [0.05, 0.1) is 12.2 Å². The lowest BCUT2D eigenvalue weighted by Gasteiger charge is -2.10. The normalized spacial score (nSPS) is 17.3. The first-order chi connectivity index (χ1) is 4.20. The van der Waals surface area contributed by atoms with Gasteiger partial charge in [-0.05, 0) is 6.42 Å². The maximum Gasteiger partial charge on any atom is 0.108 e. The highest BCUT2D eigenvalue weighted by Crippen LogP contribution is 2.02. The van der Waals surface area contributed by atoms with Gasteiger partial charge in [0.2, 0.25) is 0 Å². The second kappa shape index (κ2) is 4.73. The topological polar surface area (TPSA) is 60.7 Å². The van der Waals surface area contributed by atoms with Crippen LogP contribution < -0.4 is 0 Å². The first kappa shape index (κ1) is 8.88. The zero-order valence-electron chi connectivity index (χ0n) is 5.49.